The molecule has 0 saturated heterocycles. The smallest absolute Gasteiger partial charge is 0.306 e. The minimum Gasteiger partial charge on any atom is -0.462 e. The third kappa shape index (κ3) is 10.2. The molecule has 4 aliphatic rings. The molecule has 0 heterocycles. The van der Waals surface area contributed by atoms with Crippen molar-refractivity contribution in [1.29, 1.82) is 0 Å². The Bertz CT molecular complexity index is 992. The van der Waals surface area contributed by atoms with Crippen LogP contribution in [0.2, 0.25) is 0 Å². The SMILES string of the molecule is CCCCCCCCCCCCCCCCC(=O)O[C@H]1CC[C@@]2(C)C(=CC[C@H]3[C@@H]4CC[C@H]([C@H](C)/C=C/[C@H](C)C(C)C)[C@@]4(C)CC[C@@H]32)C1. The average molecular weight is 651 g/mol. The van der Waals surface area contributed by atoms with Crippen LogP contribution in [0.1, 0.15) is 196 Å². The molecule has 0 aromatic heterocycles. The first-order valence-corrected chi connectivity index (χ1v) is 21.2. The number of hydrogen-bond acceptors (Lipinski definition) is 2. The fourth-order valence-electron chi connectivity index (χ4n) is 11.0. The van der Waals surface area contributed by atoms with Crippen LogP contribution in [0.25, 0.3) is 0 Å². The van der Waals surface area contributed by atoms with Crippen molar-refractivity contribution in [2.24, 2.45) is 52.3 Å². The molecule has 3 fully saturated rings. The van der Waals surface area contributed by atoms with Gasteiger partial charge in [-0.3, -0.25) is 4.79 Å². The Labute approximate surface area is 293 Å². The van der Waals surface area contributed by atoms with Crippen molar-refractivity contribution >= 4 is 5.97 Å². The molecule has 0 spiro atoms. The zero-order valence-corrected chi connectivity index (χ0v) is 32.4. The maximum atomic E-state index is 12.8. The molecule has 2 nitrogen and oxygen atoms in total. The quantitative estimate of drug-likeness (QED) is 0.0744. The molecule has 0 N–H and O–H groups in total. The number of carbonyl (C=O) groups is 1. The second-order valence-corrected chi connectivity index (χ2v) is 18.0. The first-order chi connectivity index (χ1) is 22.6. The Hall–Kier alpha value is -1.05. The number of unbranched alkanes of at least 4 members (excludes halogenated alkanes) is 13. The van der Waals surface area contributed by atoms with E-state index in [-0.39, 0.29) is 12.1 Å². The zero-order valence-electron chi connectivity index (χ0n) is 32.4. The van der Waals surface area contributed by atoms with Gasteiger partial charge in [0.2, 0.25) is 0 Å². The third-order valence-electron chi connectivity index (χ3n) is 14.6. The predicted molar refractivity (Wildman–Crippen MR) is 202 cm³/mol. The second kappa shape index (κ2) is 18.8. The lowest BCUT2D eigenvalue weighted by Gasteiger charge is -2.58. The molecule has 4 rings (SSSR count). The van der Waals surface area contributed by atoms with Gasteiger partial charge in [-0.15, -0.1) is 0 Å². The van der Waals surface area contributed by atoms with E-state index >= 15 is 0 Å². The fraction of sp³-hybridized carbons (Fsp3) is 0.889. The molecule has 0 unspecified atom stereocenters. The van der Waals surface area contributed by atoms with Crippen LogP contribution >= 0.6 is 0 Å². The second-order valence-electron chi connectivity index (χ2n) is 18.0. The van der Waals surface area contributed by atoms with Crippen molar-refractivity contribution in [3.63, 3.8) is 0 Å². The van der Waals surface area contributed by atoms with Gasteiger partial charge in [0.1, 0.15) is 6.10 Å². The Kier molecular flexibility index (Phi) is 15.5. The molecule has 3 saturated carbocycles. The van der Waals surface area contributed by atoms with Gasteiger partial charge in [-0.05, 0) is 104 Å². The van der Waals surface area contributed by atoms with Crippen molar-refractivity contribution in [2.45, 2.75) is 202 Å². The first-order valence-electron chi connectivity index (χ1n) is 21.2. The van der Waals surface area contributed by atoms with Gasteiger partial charge >= 0.3 is 5.97 Å². The van der Waals surface area contributed by atoms with Crippen molar-refractivity contribution in [3.8, 4) is 0 Å². The fourth-order valence-corrected chi connectivity index (χ4v) is 11.0. The van der Waals surface area contributed by atoms with Gasteiger partial charge in [-0.25, -0.2) is 0 Å². The maximum absolute atomic E-state index is 12.8. The van der Waals surface area contributed by atoms with Crippen LogP contribution in [-0.2, 0) is 9.53 Å². The number of ether oxygens (including phenoxy) is 1. The van der Waals surface area contributed by atoms with E-state index in [2.05, 4.69) is 66.7 Å². The highest BCUT2D eigenvalue weighted by Crippen LogP contribution is 2.67. The Morgan fingerprint density at radius 1 is 0.787 bits per heavy atom. The topological polar surface area (TPSA) is 26.3 Å². The summed E-state index contributed by atoms with van der Waals surface area (Å²) in [7, 11) is 0. The third-order valence-corrected chi connectivity index (χ3v) is 14.6. The summed E-state index contributed by atoms with van der Waals surface area (Å²) in [6, 6.07) is 0. The largest absolute Gasteiger partial charge is 0.462 e. The van der Waals surface area contributed by atoms with Crippen LogP contribution < -0.4 is 0 Å². The van der Waals surface area contributed by atoms with Crippen molar-refractivity contribution in [3.05, 3.63) is 23.8 Å². The highest BCUT2D eigenvalue weighted by molar-refractivity contribution is 5.69. The number of fused-ring (bicyclic) bond motifs is 5. The van der Waals surface area contributed by atoms with Gasteiger partial charge in [-0.2, -0.15) is 0 Å². The lowest BCUT2D eigenvalue weighted by molar-refractivity contribution is -0.151. The van der Waals surface area contributed by atoms with Crippen molar-refractivity contribution < 1.29 is 9.53 Å². The summed E-state index contributed by atoms with van der Waals surface area (Å²) in [6.07, 6.45) is 37.5. The molecule has 0 aliphatic heterocycles. The van der Waals surface area contributed by atoms with E-state index < -0.39 is 0 Å². The predicted octanol–water partition coefficient (Wildman–Crippen LogP) is 13.8. The molecule has 270 valence electrons. The van der Waals surface area contributed by atoms with E-state index in [4.69, 9.17) is 4.74 Å². The van der Waals surface area contributed by atoms with E-state index in [0.29, 0.717) is 29.1 Å². The molecular formula is C45H78O2. The summed E-state index contributed by atoms with van der Waals surface area (Å²) >= 11 is 0. The van der Waals surface area contributed by atoms with Crippen LogP contribution in [0.4, 0.5) is 0 Å². The van der Waals surface area contributed by atoms with Crippen molar-refractivity contribution in [2.75, 3.05) is 0 Å². The minimum atomic E-state index is 0.0585. The Morgan fingerprint density at radius 2 is 1.40 bits per heavy atom. The zero-order chi connectivity index (χ0) is 33.9. The molecule has 47 heavy (non-hydrogen) atoms. The number of rotatable bonds is 20. The summed E-state index contributed by atoms with van der Waals surface area (Å²) in [5.74, 6) is 5.50. The number of esters is 1. The maximum Gasteiger partial charge on any atom is 0.306 e. The van der Waals surface area contributed by atoms with Gasteiger partial charge in [0.05, 0.1) is 0 Å². The number of hydrogen-bond donors (Lipinski definition) is 0. The van der Waals surface area contributed by atoms with Gasteiger partial charge in [0.25, 0.3) is 0 Å². The van der Waals surface area contributed by atoms with E-state index in [0.717, 1.165) is 48.9 Å². The first kappa shape index (κ1) is 38.7. The molecule has 0 radical (unpaired) electrons. The highest BCUT2D eigenvalue weighted by atomic mass is 16.5. The lowest BCUT2D eigenvalue weighted by atomic mass is 9.47. The summed E-state index contributed by atoms with van der Waals surface area (Å²) < 4.78 is 6.13. The molecule has 0 aromatic carbocycles. The van der Waals surface area contributed by atoms with Gasteiger partial charge in [0.15, 0.2) is 0 Å². The Morgan fingerprint density at radius 3 is 2.02 bits per heavy atom. The van der Waals surface area contributed by atoms with Crippen LogP contribution in [0.5, 0.6) is 0 Å². The van der Waals surface area contributed by atoms with Crippen LogP contribution in [0, 0.1) is 52.3 Å². The molecule has 4 aliphatic carbocycles. The molecule has 0 bridgehead atoms. The molecule has 0 aromatic rings. The number of carbonyl (C=O) groups excluding carboxylic acids is 1. The Balaban J connectivity index is 1.14. The summed E-state index contributed by atoms with van der Waals surface area (Å²) in [4.78, 5) is 12.8. The molecular weight excluding hydrogens is 572 g/mol. The monoisotopic (exact) mass is 651 g/mol. The van der Waals surface area contributed by atoms with Crippen LogP contribution in [0.3, 0.4) is 0 Å². The van der Waals surface area contributed by atoms with Crippen LogP contribution in [0.15, 0.2) is 23.8 Å². The van der Waals surface area contributed by atoms with Crippen LogP contribution in [-0.4, -0.2) is 12.1 Å². The van der Waals surface area contributed by atoms with E-state index in [1.807, 2.05) is 0 Å². The van der Waals surface area contributed by atoms with E-state index in [1.54, 1.807) is 5.57 Å². The molecule has 9 atom stereocenters. The lowest BCUT2D eigenvalue weighted by Crippen LogP contribution is -2.51. The summed E-state index contributed by atoms with van der Waals surface area (Å²) in [6.45, 7) is 17.1. The van der Waals surface area contributed by atoms with Gasteiger partial charge < -0.3 is 4.74 Å². The van der Waals surface area contributed by atoms with Gasteiger partial charge in [-0.1, -0.05) is 156 Å². The normalized spacial score (nSPS) is 33.3. The minimum absolute atomic E-state index is 0.0585. The van der Waals surface area contributed by atoms with Gasteiger partial charge in [0, 0.05) is 12.8 Å². The molecule has 2 heteroatoms. The summed E-state index contributed by atoms with van der Waals surface area (Å²) in [5.41, 5.74) is 2.45. The highest BCUT2D eigenvalue weighted by Gasteiger charge is 2.59. The van der Waals surface area contributed by atoms with E-state index in [1.165, 1.54) is 122 Å². The van der Waals surface area contributed by atoms with E-state index in [9.17, 15) is 4.79 Å². The number of allylic oxidation sites excluding steroid dienone is 3. The van der Waals surface area contributed by atoms with Crippen molar-refractivity contribution in [1.82, 2.24) is 0 Å². The summed E-state index contributed by atoms with van der Waals surface area (Å²) in [5, 5.41) is 0. The molecule has 0 amide bonds. The standard InChI is InChI=1S/C45H78O2/c1-8-9-10-11-12-13-14-15-16-17-18-19-20-21-22-43(46)47-38-29-31-44(6)37(33-38)25-26-39-41-28-27-40(45(41,7)32-30-42(39)44)36(5)24-23-35(4)34(2)3/h23-25,34-36,38-42H,8-22,26-33H2,1-7H3/b24-23+/t35-,36+,38-,39-,40+,41-,42-,44-,45+/m0/s1. The average Bonchev–Trinajstić information content (AvgIpc) is 3.41.